The predicted octanol–water partition coefficient (Wildman–Crippen LogP) is 4.19. The smallest absolute Gasteiger partial charge is 0.328 e. The highest BCUT2D eigenvalue weighted by molar-refractivity contribution is 7.90. The van der Waals surface area contributed by atoms with E-state index in [2.05, 4.69) is 20.5 Å². The Kier molecular flexibility index (Phi) is 12.7. The molecule has 4 N–H and O–H groups in total. The molecule has 1 aliphatic heterocycles. The third-order valence-electron chi connectivity index (χ3n) is 8.32. The summed E-state index contributed by atoms with van der Waals surface area (Å²) in [5.74, 6) is -4.60. The van der Waals surface area contributed by atoms with Crippen LogP contribution in [0.1, 0.15) is 55.1 Å². The number of aryl methyl sites for hydroxylation is 1. The van der Waals surface area contributed by atoms with Crippen molar-refractivity contribution in [3.63, 3.8) is 0 Å². The first-order chi connectivity index (χ1) is 24.0. The maximum absolute atomic E-state index is 15.1. The van der Waals surface area contributed by atoms with Crippen LogP contribution in [-0.4, -0.2) is 101 Å². The fourth-order valence-electron chi connectivity index (χ4n) is 5.72. The van der Waals surface area contributed by atoms with Crippen molar-refractivity contribution in [3.05, 3.63) is 64.7 Å². The molecule has 1 atom stereocenters. The van der Waals surface area contributed by atoms with E-state index in [4.69, 9.17) is 4.98 Å². The quantitative estimate of drug-likeness (QED) is 0.120. The van der Waals surface area contributed by atoms with E-state index in [0.29, 0.717) is 29.0 Å². The standard InChI is InChI=1S/C32H41F2N7O8S2/c1-5-15-40(26(51(47,48)49)19-50(44,45)46)30(42)21-13-12-20(4)22(17-21)27-23-18-36-32(43)41(28-24(33)10-8-11-25(28)34)29(23)38-31(37-27)35-14-9-16-39(6-2)7-3/h8,10-13,17,26H,5-7,9,14-16,18-19H2,1-4H3,(H,36,43)(H,35,37,38)(H,44,45,46)(H,47,48,49). The van der Waals surface area contributed by atoms with E-state index in [1.165, 1.54) is 18.2 Å². The Morgan fingerprint density at radius 1 is 1.04 bits per heavy atom. The molecule has 4 rings (SSSR count). The van der Waals surface area contributed by atoms with Gasteiger partial charge >= 0.3 is 6.03 Å². The Labute approximate surface area is 295 Å². The van der Waals surface area contributed by atoms with Crippen LogP contribution in [0.4, 0.5) is 31.0 Å². The number of benzene rings is 2. The van der Waals surface area contributed by atoms with Crippen LogP contribution in [0.3, 0.4) is 0 Å². The predicted molar refractivity (Wildman–Crippen MR) is 187 cm³/mol. The summed E-state index contributed by atoms with van der Waals surface area (Å²) in [5, 5.41) is 3.40. The maximum Gasteiger partial charge on any atom is 0.328 e. The van der Waals surface area contributed by atoms with Gasteiger partial charge in [0.2, 0.25) is 5.95 Å². The number of urea groups is 1. The average molecular weight is 754 g/mol. The van der Waals surface area contributed by atoms with Crippen LogP contribution in [0.25, 0.3) is 11.3 Å². The number of amides is 3. The second-order valence-electron chi connectivity index (χ2n) is 11.8. The second kappa shape index (κ2) is 16.4. The van der Waals surface area contributed by atoms with Crippen LogP contribution in [0.15, 0.2) is 36.4 Å². The Balaban J connectivity index is 1.88. The zero-order chi connectivity index (χ0) is 37.7. The summed E-state index contributed by atoms with van der Waals surface area (Å²) in [6.45, 7) is 9.73. The highest BCUT2D eigenvalue weighted by Gasteiger charge is 2.38. The largest absolute Gasteiger partial charge is 0.354 e. The molecule has 2 heterocycles. The van der Waals surface area contributed by atoms with Gasteiger partial charge in [0.1, 0.15) is 23.1 Å². The molecule has 2 aromatic carbocycles. The number of hydrogen-bond acceptors (Lipinski definition) is 10. The SMILES string of the molecule is CCCN(C(=O)c1ccc(C)c(-c2nc(NCCCN(CC)CC)nc3c2CNC(=O)N3c2c(F)cccc2F)c1)C(CS(=O)(=O)O)S(=O)(=O)O. The number of anilines is 3. The molecular weight excluding hydrogens is 713 g/mol. The van der Waals surface area contributed by atoms with Crippen molar-refractivity contribution >= 4 is 49.6 Å². The number of hydrogen-bond donors (Lipinski definition) is 4. The molecule has 51 heavy (non-hydrogen) atoms. The monoisotopic (exact) mass is 753 g/mol. The highest BCUT2D eigenvalue weighted by Crippen LogP contribution is 2.39. The van der Waals surface area contributed by atoms with Crippen molar-refractivity contribution in [1.29, 1.82) is 0 Å². The van der Waals surface area contributed by atoms with Gasteiger partial charge < -0.3 is 20.4 Å². The molecule has 0 bridgehead atoms. The molecule has 1 unspecified atom stereocenters. The van der Waals surface area contributed by atoms with E-state index in [0.717, 1.165) is 42.7 Å². The van der Waals surface area contributed by atoms with Gasteiger partial charge in [-0.05, 0) is 69.2 Å². The summed E-state index contributed by atoms with van der Waals surface area (Å²) < 4.78 is 97.5. The number of nitrogens with one attached hydrogen (secondary N) is 2. The Hall–Kier alpha value is -4.30. The van der Waals surface area contributed by atoms with E-state index in [1.54, 1.807) is 13.8 Å². The zero-order valence-electron chi connectivity index (χ0n) is 28.6. The molecule has 3 aromatic rings. The number of carbonyl (C=O) groups excluding carboxylic acids is 2. The Morgan fingerprint density at radius 3 is 2.29 bits per heavy atom. The molecule has 0 saturated carbocycles. The van der Waals surface area contributed by atoms with Crippen LogP contribution in [-0.2, 0) is 26.8 Å². The lowest BCUT2D eigenvalue weighted by Crippen LogP contribution is -2.48. The highest BCUT2D eigenvalue weighted by atomic mass is 32.2. The lowest BCUT2D eigenvalue weighted by Gasteiger charge is -2.31. The van der Waals surface area contributed by atoms with Crippen molar-refractivity contribution in [2.24, 2.45) is 0 Å². The van der Waals surface area contributed by atoms with Gasteiger partial charge in [0.25, 0.3) is 26.1 Å². The van der Waals surface area contributed by atoms with Crippen molar-refractivity contribution in [2.45, 2.75) is 52.5 Å². The molecule has 0 aliphatic carbocycles. The number of carbonyl (C=O) groups is 2. The van der Waals surface area contributed by atoms with Gasteiger partial charge in [0, 0.05) is 29.8 Å². The van der Waals surface area contributed by atoms with Gasteiger partial charge in [0.15, 0.2) is 11.2 Å². The van der Waals surface area contributed by atoms with Crippen LogP contribution in [0.5, 0.6) is 0 Å². The average Bonchev–Trinajstić information content (AvgIpc) is 3.06. The number of halogens is 2. The number of nitrogens with zero attached hydrogens (tertiary/aromatic N) is 5. The van der Waals surface area contributed by atoms with Crippen LogP contribution in [0, 0.1) is 18.6 Å². The van der Waals surface area contributed by atoms with Crippen molar-refractivity contribution in [3.8, 4) is 11.3 Å². The van der Waals surface area contributed by atoms with E-state index >= 15 is 8.78 Å². The molecule has 19 heteroatoms. The summed E-state index contributed by atoms with van der Waals surface area (Å²) in [5.41, 5.74) is 0.458. The summed E-state index contributed by atoms with van der Waals surface area (Å²) in [7, 11) is -10.2. The maximum atomic E-state index is 15.1. The van der Waals surface area contributed by atoms with Crippen molar-refractivity contribution in [2.75, 3.05) is 48.7 Å². The number of aromatic nitrogens is 2. The summed E-state index contributed by atoms with van der Waals surface area (Å²) in [6.07, 6.45) is 0.838. The first kappa shape index (κ1) is 39.5. The third-order valence-corrected chi connectivity index (χ3v) is 10.4. The first-order valence-corrected chi connectivity index (χ1v) is 19.3. The van der Waals surface area contributed by atoms with Gasteiger partial charge in [0.05, 0.1) is 12.2 Å². The minimum Gasteiger partial charge on any atom is -0.354 e. The number of fused-ring (bicyclic) bond motifs is 1. The molecule has 15 nitrogen and oxygen atoms in total. The van der Waals surface area contributed by atoms with E-state index in [-0.39, 0.29) is 48.1 Å². The minimum atomic E-state index is -5.20. The van der Waals surface area contributed by atoms with Crippen LogP contribution < -0.4 is 15.5 Å². The molecule has 0 radical (unpaired) electrons. The first-order valence-electron chi connectivity index (χ1n) is 16.2. The number of rotatable bonds is 16. The third kappa shape index (κ3) is 9.33. The summed E-state index contributed by atoms with van der Waals surface area (Å²) >= 11 is 0. The van der Waals surface area contributed by atoms with E-state index in [9.17, 15) is 35.5 Å². The zero-order valence-corrected chi connectivity index (χ0v) is 30.2. The van der Waals surface area contributed by atoms with Gasteiger partial charge in [-0.25, -0.2) is 23.5 Å². The van der Waals surface area contributed by atoms with Crippen LogP contribution >= 0.6 is 0 Å². The Bertz CT molecular complexity index is 1980. The lowest BCUT2D eigenvalue weighted by atomic mass is 9.97. The Morgan fingerprint density at radius 2 is 1.71 bits per heavy atom. The normalized spacial score (nSPS) is 13.9. The van der Waals surface area contributed by atoms with Gasteiger partial charge in [-0.2, -0.15) is 21.8 Å². The molecule has 1 aromatic heterocycles. The minimum absolute atomic E-state index is 0.0167. The molecule has 278 valence electrons. The molecular formula is C32H41F2N7O8S2. The van der Waals surface area contributed by atoms with E-state index in [1.807, 2.05) is 13.8 Å². The van der Waals surface area contributed by atoms with Crippen LogP contribution in [0.2, 0.25) is 0 Å². The molecule has 0 saturated heterocycles. The second-order valence-corrected chi connectivity index (χ2v) is 14.9. The summed E-state index contributed by atoms with van der Waals surface area (Å²) in [6, 6.07) is 6.55. The van der Waals surface area contributed by atoms with Gasteiger partial charge in [-0.3, -0.25) is 13.9 Å². The fourth-order valence-corrected chi connectivity index (χ4v) is 7.99. The van der Waals surface area contributed by atoms with Gasteiger partial charge in [-0.15, -0.1) is 0 Å². The van der Waals surface area contributed by atoms with Gasteiger partial charge in [-0.1, -0.05) is 32.9 Å². The van der Waals surface area contributed by atoms with E-state index < -0.39 is 60.6 Å². The lowest BCUT2D eigenvalue weighted by molar-refractivity contribution is 0.0736. The van der Waals surface area contributed by atoms with Crippen molar-refractivity contribution < 1.29 is 44.3 Å². The molecule has 3 amide bonds. The molecule has 0 spiro atoms. The number of para-hydroxylation sites is 1. The topological polar surface area (TPSA) is 202 Å². The fraction of sp³-hybridized carbons (Fsp3) is 0.438. The van der Waals surface area contributed by atoms with Crippen molar-refractivity contribution in [1.82, 2.24) is 25.1 Å². The summed E-state index contributed by atoms with van der Waals surface area (Å²) in [4.78, 5) is 39.9. The molecule has 1 aliphatic rings. The molecule has 0 fully saturated rings.